The SMILES string of the molecule is COc1cc(Cl)c(C)cc1NCC(=O)N1CCN(c2ccccc2F)CC1. The molecule has 0 bridgehead atoms. The summed E-state index contributed by atoms with van der Waals surface area (Å²) < 4.78 is 19.2. The quantitative estimate of drug-likeness (QED) is 0.846. The van der Waals surface area contributed by atoms with Gasteiger partial charge in [0.2, 0.25) is 5.91 Å². The Morgan fingerprint density at radius 3 is 2.59 bits per heavy atom. The Morgan fingerprint density at radius 1 is 1.22 bits per heavy atom. The average molecular weight is 392 g/mol. The maximum absolute atomic E-state index is 13.9. The van der Waals surface area contributed by atoms with E-state index in [1.807, 2.05) is 24.0 Å². The Hall–Kier alpha value is -2.47. The molecule has 27 heavy (non-hydrogen) atoms. The number of aryl methyl sites for hydroxylation is 1. The van der Waals surface area contributed by atoms with Gasteiger partial charge in [-0.1, -0.05) is 23.7 Å². The van der Waals surface area contributed by atoms with Crippen molar-refractivity contribution in [2.45, 2.75) is 6.92 Å². The second-order valence-corrected chi connectivity index (χ2v) is 6.88. The number of para-hydroxylation sites is 1. The van der Waals surface area contributed by atoms with Gasteiger partial charge >= 0.3 is 0 Å². The fourth-order valence-corrected chi connectivity index (χ4v) is 3.31. The Labute approximate surface area is 163 Å². The molecule has 2 aromatic rings. The van der Waals surface area contributed by atoms with Crippen molar-refractivity contribution in [3.8, 4) is 5.75 Å². The monoisotopic (exact) mass is 391 g/mol. The predicted molar refractivity (Wildman–Crippen MR) is 106 cm³/mol. The van der Waals surface area contributed by atoms with E-state index in [4.69, 9.17) is 16.3 Å². The zero-order valence-corrected chi connectivity index (χ0v) is 16.2. The minimum atomic E-state index is -0.232. The van der Waals surface area contributed by atoms with E-state index < -0.39 is 0 Å². The van der Waals surface area contributed by atoms with Crippen LogP contribution in [-0.2, 0) is 4.79 Å². The third kappa shape index (κ3) is 4.45. The van der Waals surface area contributed by atoms with Crippen LogP contribution in [0.25, 0.3) is 0 Å². The van der Waals surface area contributed by atoms with Crippen LogP contribution in [0.3, 0.4) is 0 Å². The van der Waals surface area contributed by atoms with Crippen LogP contribution >= 0.6 is 11.6 Å². The molecule has 7 heteroatoms. The highest BCUT2D eigenvalue weighted by Gasteiger charge is 2.22. The molecule has 0 aromatic heterocycles. The second kappa shape index (κ2) is 8.48. The highest BCUT2D eigenvalue weighted by atomic mass is 35.5. The number of ether oxygens (including phenoxy) is 1. The van der Waals surface area contributed by atoms with Crippen LogP contribution in [0.2, 0.25) is 5.02 Å². The number of rotatable bonds is 5. The third-order valence-corrected chi connectivity index (χ3v) is 5.14. The first-order valence-corrected chi connectivity index (χ1v) is 9.22. The Balaban J connectivity index is 1.56. The topological polar surface area (TPSA) is 44.8 Å². The number of nitrogens with zero attached hydrogens (tertiary/aromatic N) is 2. The number of hydrogen-bond donors (Lipinski definition) is 1. The second-order valence-electron chi connectivity index (χ2n) is 6.47. The fraction of sp³-hybridized carbons (Fsp3) is 0.350. The Bertz CT molecular complexity index is 823. The minimum absolute atomic E-state index is 0.00200. The van der Waals surface area contributed by atoms with Crippen molar-refractivity contribution in [2.24, 2.45) is 0 Å². The van der Waals surface area contributed by atoms with Gasteiger partial charge in [0.15, 0.2) is 0 Å². The van der Waals surface area contributed by atoms with E-state index in [9.17, 15) is 9.18 Å². The maximum Gasteiger partial charge on any atom is 0.241 e. The van der Waals surface area contributed by atoms with Crippen LogP contribution in [0.4, 0.5) is 15.8 Å². The molecule has 1 amide bonds. The van der Waals surface area contributed by atoms with Crippen LogP contribution in [0.15, 0.2) is 36.4 Å². The molecule has 5 nitrogen and oxygen atoms in total. The molecule has 1 aliphatic heterocycles. The summed E-state index contributed by atoms with van der Waals surface area (Å²) in [7, 11) is 1.57. The molecule has 0 saturated carbocycles. The zero-order chi connectivity index (χ0) is 19.4. The molecule has 1 saturated heterocycles. The third-order valence-electron chi connectivity index (χ3n) is 4.74. The Morgan fingerprint density at radius 2 is 1.93 bits per heavy atom. The van der Waals surface area contributed by atoms with Gasteiger partial charge in [0.05, 0.1) is 25.0 Å². The first-order chi connectivity index (χ1) is 13.0. The molecule has 1 fully saturated rings. The van der Waals surface area contributed by atoms with Gasteiger partial charge in [-0.25, -0.2) is 4.39 Å². The zero-order valence-electron chi connectivity index (χ0n) is 15.5. The molecular weight excluding hydrogens is 369 g/mol. The van der Waals surface area contributed by atoms with Crippen LogP contribution in [-0.4, -0.2) is 50.6 Å². The summed E-state index contributed by atoms with van der Waals surface area (Å²) >= 11 is 6.11. The van der Waals surface area contributed by atoms with Crippen molar-refractivity contribution in [1.29, 1.82) is 0 Å². The van der Waals surface area contributed by atoms with Gasteiger partial charge in [-0.15, -0.1) is 0 Å². The molecule has 0 atom stereocenters. The van der Waals surface area contributed by atoms with Gasteiger partial charge in [0.25, 0.3) is 0 Å². The first-order valence-electron chi connectivity index (χ1n) is 8.85. The lowest BCUT2D eigenvalue weighted by atomic mass is 10.2. The van der Waals surface area contributed by atoms with Gasteiger partial charge < -0.3 is 19.9 Å². The molecule has 2 aromatic carbocycles. The van der Waals surface area contributed by atoms with E-state index in [1.54, 1.807) is 30.2 Å². The van der Waals surface area contributed by atoms with Gasteiger partial charge in [-0.3, -0.25) is 4.79 Å². The van der Waals surface area contributed by atoms with E-state index in [0.29, 0.717) is 42.6 Å². The minimum Gasteiger partial charge on any atom is -0.495 e. The van der Waals surface area contributed by atoms with Gasteiger partial charge in [-0.2, -0.15) is 0 Å². The summed E-state index contributed by atoms with van der Waals surface area (Å²) in [4.78, 5) is 16.3. The van der Waals surface area contributed by atoms with E-state index in [-0.39, 0.29) is 18.3 Å². The maximum atomic E-state index is 13.9. The first kappa shape index (κ1) is 19.3. The summed E-state index contributed by atoms with van der Waals surface area (Å²) in [6.45, 7) is 4.40. The highest BCUT2D eigenvalue weighted by Crippen LogP contribution is 2.30. The number of hydrogen-bond acceptors (Lipinski definition) is 4. The molecular formula is C20H23ClFN3O2. The van der Waals surface area contributed by atoms with Crippen LogP contribution < -0.4 is 15.0 Å². The van der Waals surface area contributed by atoms with E-state index >= 15 is 0 Å². The summed E-state index contributed by atoms with van der Waals surface area (Å²) in [5, 5.41) is 3.75. The lowest BCUT2D eigenvalue weighted by molar-refractivity contribution is -0.129. The summed E-state index contributed by atoms with van der Waals surface area (Å²) in [6, 6.07) is 10.3. The number of benzene rings is 2. The number of carbonyl (C=O) groups is 1. The van der Waals surface area contributed by atoms with Crippen molar-refractivity contribution in [3.05, 3.63) is 52.8 Å². The van der Waals surface area contributed by atoms with E-state index in [1.165, 1.54) is 6.07 Å². The molecule has 0 spiro atoms. The van der Waals surface area contributed by atoms with Gasteiger partial charge in [0.1, 0.15) is 11.6 Å². The number of anilines is 2. The van der Waals surface area contributed by atoms with Gasteiger partial charge in [-0.05, 0) is 30.7 Å². The number of amides is 1. The van der Waals surface area contributed by atoms with Crippen LogP contribution in [0, 0.1) is 12.7 Å². The Kier molecular flexibility index (Phi) is 6.06. The molecule has 1 N–H and O–H groups in total. The number of halogens is 2. The highest BCUT2D eigenvalue weighted by molar-refractivity contribution is 6.31. The molecule has 0 radical (unpaired) electrons. The summed E-state index contributed by atoms with van der Waals surface area (Å²) in [6.07, 6.45) is 0. The van der Waals surface area contributed by atoms with Crippen LogP contribution in [0.1, 0.15) is 5.56 Å². The number of piperazine rings is 1. The summed E-state index contributed by atoms with van der Waals surface area (Å²) in [5.74, 6) is 0.366. The van der Waals surface area contributed by atoms with Crippen molar-refractivity contribution < 1.29 is 13.9 Å². The molecule has 0 unspecified atom stereocenters. The fourth-order valence-electron chi connectivity index (χ4n) is 3.16. The number of nitrogens with one attached hydrogen (secondary N) is 1. The molecule has 1 heterocycles. The molecule has 144 valence electrons. The van der Waals surface area contributed by atoms with E-state index in [2.05, 4.69) is 5.32 Å². The number of carbonyl (C=O) groups excluding carboxylic acids is 1. The van der Waals surface area contributed by atoms with Crippen molar-refractivity contribution in [1.82, 2.24) is 4.90 Å². The van der Waals surface area contributed by atoms with Crippen molar-refractivity contribution in [3.63, 3.8) is 0 Å². The normalized spacial score (nSPS) is 14.2. The smallest absolute Gasteiger partial charge is 0.241 e. The number of methoxy groups -OCH3 is 1. The lowest BCUT2D eigenvalue weighted by Crippen LogP contribution is -2.50. The average Bonchev–Trinajstić information content (AvgIpc) is 2.69. The summed E-state index contributed by atoms with van der Waals surface area (Å²) in [5.41, 5.74) is 2.23. The van der Waals surface area contributed by atoms with Gasteiger partial charge in [0, 0.05) is 37.3 Å². The van der Waals surface area contributed by atoms with Crippen LogP contribution in [0.5, 0.6) is 5.75 Å². The van der Waals surface area contributed by atoms with Crippen molar-refractivity contribution in [2.75, 3.05) is 50.1 Å². The lowest BCUT2D eigenvalue weighted by Gasteiger charge is -2.36. The van der Waals surface area contributed by atoms with E-state index in [0.717, 1.165) is 11.3 Å². The predicted octanol–water partition coefficient (Wildman–Crippen LogP) is 3.56. The molecule has 3 rings (SSSR count). The largest absolute Gasteiger partial charge is 0.495 e. The van der Waals surface area contributed by atoms with Crippen molar-refractivity contribution >= 4 is 28.9 Å². The molecule has 0 aliphatic carbocycles. The molecule has 1 aliphatic rings. The standard InChI is InChI=1S/C20H23ClFN3O2/c1-14-11-17(19(27-2)12-15(14)21)23-13-20(26)25-9-7-24(8-10-25)18-6-4-3-5-16(18)22/h3-6,11-12,23H,7-10,13H2,1-2H3.